The average Bonchev–Trinajstić information content (AvgIpc) is 3.05. The quantitative estimate of drug-likeness (QED) is 0.701. The first kappa shape index (κ1) is 18.2. The van der Waals surface area contributed by atoms with Gasteiger partial charge in [0.2, 0.25) is 0 Å². The smallest absolute Gasteiger partial charge is 0.279 e. The van der Waals surface area contributed by atoms with Gasteiger partial charge in [-0.3, -0.25) is 4.79 Å². The van der Waals surface area contributed by atoms with Crippen LogP contribution in [0.3, 0.4) is 0 Å². The SMILES string of the molecule is Cc1ccc(-c2nc(C[NH+](C)CC(=O)Nc3ccc(F)cc3)cs2)cc1. The van der Waals surface area contributed by atoms with E-state index in [0.717, 1.165) is 21.2 Å². The van der Waals surface area contributed by atoms with Gasteiger partial charge in [0.05, 0.1) is 7.05 Å². The van der Waals surface area contributed by atoms with Gasteiger partial charge in [0.1, 0.15) is 23.1 Å². The van der Waals surface area contributed by atoms with Gasteiger partial charge < -0.3 is 10.2 Å². The fourth-order valence-corrected chi connectivity index (χ4v) is 3.43. The van der Waals surface area contributed by atoms with Crippen molar-refractivity contribution >= 4 is 22.9 Å². The molecule has 2 aromatic carbocycles. The number of hydrogen-bond donors (Lipinski definition) is 2. The normalized spacial score (nSPS) is 12.0. The summed E-state index contributed by atoms with van der Waals surface area (Å²) in [7, 11) is 1.95. The first-order valence-electron chi connectivity index (χ1n) is 8.38. The maximum absolute atomic E-state index is 12.9. The Balaban J connectivity index is 1.54. The fourth-order valence-electron chi connectivity index (χ4n) is 2.60. The molecule has 2 N–H and O–H groups in total. The van der Waals surface area contributed by atoms with Crippen LogP contribution >= 0.6 is 11.3 Å². The van der Waals surface area contributed by atoms with E-state index in [0.29, 0.717) is 18.8 Å². The molecule has 0 saturated heterocycles. The molecule has 6 heteroatoms. The van der Waals surface area contributed by atoms with Gasteiger partial charge >= 0.3 is 0 Å². The molecule has 0 radical (unpaired) electrons. The van der Waals surface area contributed by atoms with Crippen LogP contribution in [-0.2, 0) is 11.3 Å². The van der Waals surface area contributed by atoms with Crippen molar-refractivity contribution in [3.8, 4) is 10.6 Å². The van der Waals surface area contributed by atoms with Crippen LogP contribution in [0.5, 0.6) is 0 Å². The summed E-state index contributed by atoms with van der Waals surface area (Å²) in [5.41, 5.74) is 3.90. The number of halogens is 1. The number of rotatable bonds is 6. The number of nitrogens with zero attached hydrogens (tertiary/aromatic N) is 1. The first-order chi connectivity index (χ1) is 12.5. The summed E-state index contributed by atoms with van der Waals surface area (Å²) >= 11 is 1.61. The summed E-state index contributed by atoms with van der Waals surface area (Å²) in [4.78, 5) is 17.8. The standard InChI is InChI=1S/C20H20FN3OS/c1-14-3-5-15(6-4-14)20-23-18(13-26-20)11-24(2)12-19(25)22-17-9-7-16(21)8-10-17/h3-10,13H,11-12H2,1-2H3,(H,22,25)/p+1. The number of thiazole rings is 1. The van der Waals surface area contributed by atoms with E-state index in [1.165, 1.54) is 17.7 Å². The van der Waals surface area contributed by atoms with Gasteiger partial charge in [-0.05, 0) is 31.2 Å². The van der Waals surface area contributed by atoms with Gasteiger partial charge in [-0.15, -0.1) is 11.3 Å². The molecule has 0 fully saturated rings. The van der Waals surface area contributed by atoms with Crippen molar-refractivity contribution in [2.45, 2.75) is 13.5 Å². The highest BCUT2D eigenvalue weighted by atomic mass is 32.1. The van der Waals surface area contributed by atoms with Crippen LogP contribution in [0, 0.1) is 12.7 Å². The van der Waals surface area contributed by atoms with E-state index >= 15 is 0 Å². The van der Waals surface area contributed by atoms with Crippen molar-refractivity contribution in [1.82, 2.24) is 4.98 Å². The van der Waals surface area contributed by atoms with Crippen molar-refractivity contribution in [3.05, 3.63) is 71.0 Å². The molecular formula is C20H21FN3OS+. The molecule has 0 saturated carbocycles. The number of carbonyl (C=O) groups is 1. The van der Waals surface area contributed by atoms with Crippen molar-refractivity contribution in [2.24, 2.45) is 0 Å². The Morgan fingerprint density at radius 1 is 1.15 bits per heavy atom. The van der Waals surface area contributed by atoms with Crippen LogP contribution in [0.1, 0.15) is 11.3 Å². The minimum atomic E-state index is -0.321. The molecule has 1 heterocycles. The second-order valence-electron chi connectivity index (χ2n) is 6.38. The molecule has 0 aliphatic carbocycles. The van der Waals surface area contributed by atoms with Crippen molar-refractivity contribution in [3.63, 3.8) is 0 Å². The molecule has 4 nitrogen and oxygen atoms in total. The summed E-state index contributed by atoms with van der Waals surface area (Å²) in [5.74, 6) is -0.429. The maximum Gasteiger partial charge on any atom is 0.279 e. The molecule has 26 heavy (non-hydrogen) atoms. The number of likely N-dealkylation sites (N-methyl/N-ethyl adjacent to an activating group) is 1. The van der Waals surface area contributed by atoms with Gasteiger partial charge in [-0.25, -0.2) is 9.37 Å². The molecule has 3 rings (SSSR count). The second-order valence-corrected chi connectivity index (χ2v) is 7.23. The Bertz CT molecular complexity index is 875. The van der Waals surface area contributed by atoms with Gasteiger partial charge in [0.15, 0.2) is 6.54 Å². The fraction of sp³-hybridized carbons (Fsp3) is 0.200. The molecule has 0 spiro atoms. The zero-order valence-corrected chi connectivity index (χ0v) is 15.6. The number of amides is 1. The van der Waals surface area contributed by atoms with Gasteiger partial charge in [0, 0.05) is 16.6 Å². The van der Waals surface area contributed by atoms with Crippen LogP contribution in [0.15, 0.2) is 53.9 Å². The Morgan fingerprint density at radius 2 is 1.85 bits per heavy atom. The third-order valence-electron chi connectivity index (χ3n) is 3.92. The Labute approximate surface area is 156 Å². The number of carbonyl (C=O) groups excluding carboxylic acids is 1. The van der Waals surface area contributed by atoms with E-state index in [9.17, 15) is 9.18 Å². The predicted octanol–water partition coefficient (Wildman–Crippen LogP) is 2.91. The molecule has 0 aliphatic heterocycles. The molecule has 1 aromatic heterocycles. The zero-order chi connectivity index (χ0) is 18.5. The molecule has 0 bridgehead atoms. The van der Waals surface area contributed by atoms with Crippen LogP contribution in [0.25, 0.3) is 10.6 Å². The largest absolute Gasteiger partial charge is 0.325 e. The van der Waals surface area contributed by atoms with Crippen LogP contribution in [-0.4, -0.2) is 24.5 Å². The van der Waals surface area contributed by atoms with Crippen molar-refractivity contribution in [2.75, 3.05) is 18.9 Å². The lowest BCUT2D eigenvalue weighted by atomic mass is 10.2. The molecular weight excluding hydrogens is 349 g/mol. The minimum absolute atomic E-state index is 0.108. The molecule has 1 unspecified atom stereocenters. The van der Waals surface area contributed by atoms with Crippen LogP contribution < -0.4 is 10.2 Å². The minimum Gasteiger partial charge on any atom is -0.325 e. The van der Waals surface area contributed by atoms with Gasteiger partial charge in [-0.1, -0.05) is 29.8 Å². The van der Waals surface area contributed by atoms with E-state index < -0.39 is 0 Å². The van der Waals surface area contributed by atoms with Gasteiger partial charge in [0.25, 0.3) is 5.91 Å². The molecule has 1 atom stereocenters. The first-order valence-corrected chi connectivity index (χ1v) is 9.26. The number of nitrogens with one attached hydrogen (secondary N) is 2. The van der Waals surface area contributed by atoms with E-state index in [1.54, 1.807) is 23.5 Å². The lowest BCUT2D eigenvalue weighted by Gasteiger charge is -2.12. The summed E-state index contributed by atoms with van der Waals surface area (Å²) in [5, 5.41) is 5.81. The number of hydrogen-bond acceptors (Lipinski definition) is 3. The number of quaternary nitrogens is 1. The van der Waals surface area contributed by atoms with E-state index in [1.807, 2.05) is 12.4 Å². The lowest BCUT2D eigenvalue weighted by molar-refractivity contribution is -0.885. The van der Waals surface area contributed by atoms with Crippen LogP contribution in [0.4, 0.5) is 10.1 Å². The van der Waals surface area contributed by atoms with E-state index in [-0.39, 0.29) is 11.7 Å². The van der Waals surface area contributed by atoms with E-state index in [4.69, 9.17) is 0 Å². The second kappa shape index (κ2) is 8.21. The average molecular weight is 370 g/mol. The highest BCUT2D eigenvalue weighted by Crippen LogP contribution is 2.23. The summed E-state index contributed by atoms with van der Waals surface area (Å²) in [6.07, 6.45) is 0. The third kappa shape index (κ3) is 4.97. The Morgan fingerprint density at radius 3 is 2.54 bits per heavy atom. The lowest BCUT2D eigenvalue weighted by Crippen LogP contribution is -3.08. The highest BCUT2D eigenvalue weighted by Gasteiger charge is 2.13. The number of benzene rings is 2. The van der Waals surface area contributed by atoms with E-state index in [2.05, 4.69) is 41.5 Å². The predicted molar refractivity (Wildman–Crippen MR) is 103 cm³/mol. The number of anilines is 1. The molecule has 1 amide bonds. The number of aryl methyl sites for hydroxylation is 1. The van der Waals surface area contributed by atoms with Crippen molar-refractivity contribution < 1.29 is 14.1 Å². The Kier molecular flexibility index (Phi) is 5.75. The highest BCUT2D eigenvalue weighted by molar-refractivity contribution is 7.13. The summed E-state index contributed by atoms with van der Waals surface area (Å²) < 4.78 is 12.9. The number of aromatic nitrogens is 1. The Hall–Kier alpha value is -2.57. The maximum atomic E-state index is 12.9. The summed E-state index contributed by atoms with van der Waals surface area (Å²) in [6.45, 7) is 3.04. The van der Waals surface area contributed by atoms with Crippen molar-refractivity contribution in [1.29, 1.82) is 0 Å². The van der Waals surface area contributed by atoms with Crippen LogP contribution in [0.2, 0.25) is 0 Å². The molecule has 0 aliphatic rings. The molecule has 3 aromatic rings. The zero-order valence-electron chi connectivity index (χ0n) is 14.8. The topological polar surface area (TPSA) is 46.4 Å². The monoisotopic (exact) mass is 370 g/mol. The summed E-state index contributed by atoms with van der Waals surface area (Å²) in [6, 6.07) is 14.1. The third-order valence-corrected chi connectivity index (χ3v) is 4.86. The molecule has 134 valence electrons. The van der Waals surface area contributed by atoms with Gasteiger partial charge in [-0.2, -0.15) is 0 Å².